The van der Waals surface area contributed by atoms with Crippen LogP contribution in [-0.2, 0) is 17.9 Å². The molecule has 0 aliphatic heterocycles. The molecule has 8 heteroatoms. The summed E-state index contributed by atoms with van der Waals surface area (Å²) in [5, 5.41) is 6.90. The Kier molecular flexibility index (Phi) is 6.38. The van der Waals surface area contributed by atoms with E-state index in [1.54, 1.807) is 11.3 Å². The van der Waals surface area contributed by atoms with E-state index in [4.69, 9.17) is 11.6 Å². The highest BCUT2D eigenvalue weighted by Crippen LogP contribution is 2.22. The predicted molar refractivity (Wildman–Crippen MR) is 90.4 cm³/mol. The molecule has 0 fully saturated rings. The molecule has 0 saturated heterocycles. The summed E-state index contributed by atoms with van der Waals surface area (Å²) >= 11 is 8.89. The second kappa shape index (κ2) is 8.28. The van der Waals surface area contributed by atoms with Crippen LogP contribution in [0.15, 0.2) is 29.6 Å². The maximum Gasteiger partial charge on any atom is 0.321 e. The summed E-state index contributed by atoms with van der Waals surface area (Å²) in [4.78, 5) is 27.3. The fraction of sp³-hybridized carbons (Fsp3) is 0.286. The van der Waals surface area contributed by atoms with Crippen molar-refractivity contribution in [1.82, 2.24) is 15.5 Å². The molecular weight excluding hydrogens is 342 g/mol. The normalized spacial score (nSPS) is 10.7. The summed E-state index contributed by atoms with van der Waals surface area (Å²) in [6.45, 7) is 1.17. The summed E-state index contributed by atoms with van der Waals surface area (Å²) in [6, 6.07) is 7.11. The smallest absolute Gasteiger partial charge is 0.321 e. The molecule has 0 radical (unpaired) electrons. The molecule has 0 spiro atoms. The Labute approximate surface area is 141 Å². The number of amides is 3. The fourth-order valence-corrected chi connectivity index (χ4v) is 3.61. The lowest BCUT2D eigenvalue weighted by Gasteiger charge is -2.14. The molecule has 0 bridgehead atoms. The van der Waals surface area contributed by atoms with E-state index in [1.165, 1.54) is 11.3 Å². The number of likely N-dealkylation sites (N-methyl/N-ethyl adjacent to an activating group) is 1. The molecule has 5 nitrogen and oxygen atoms in total. The second-order valence-electron chi connectivity index (χ2n) is 4.69. The Balaban J connectivity index is 1.69. The van der Waals surface area contributed by atoms with Gasteiger partial charge in [0.1, 0.15) is 0 Å². The topological polar surface area (TPSA) is 61.4 Å². The molecule has 2 aromatic heterocycles. The molecule has 0 aliphatic rings. The number of imide groups is 1. The minimum absolute atomic E-state index is 0.141. The van der Waals surface area contributed by atoms with Gasteiger partial charge in [0.2, 0.25) is 5.91 Å². The third kappa shape index (κ3) is 5.76. The summed E-state index contributed by atoms with van der Waals surface area (Å²) in [7, 11) is 1.82. The Morgan fingerprint density at radius 3 is 2.73 bits per heavy atom. The van der Waals surface area contributed by atoms with Gasteiger partial charge in [-0.05, 0) is 30.6 Å². The van der Waals surface area contributed by atoms with Gasteiger partial charge in [-0.1, -0.05) is 17.7 Å². The zero-order valence-electron chi connectivity index (χ0n) is 12.0. The van der Waals surface area contributed by atoms with Crippen molar-refractivity contribution in [3.63, 3.8) is 0 Å². The highest BCUT2D eigenvalue weighted by molar-refractivity contribution is 7.16. The molecule has 2 heterocycles. The number of thiophene rings is 2. The van der Waals surface area contributed by atoms with Crippen LogP contribution in [-0.4, -0.2) is 30.4 Å². The SMILES string of the molecule is CN(CC(=O)NC(=O)NCc1cccs1)Cc1ccc(Cl)s1. The average molecular weight is 358 g/mol. The first-order valence-corrected chi connectivity index (χ1v) is 8.63. The first-order chi connectivity index (χ1) is 10.5. The summed E-state index contributed by atoms with van der Waals surface area (Å²) in [6.07, 6.45) is 0. The zero-order chi connectivity index (χ0) is 15.9. The minimum atomic E-state index is -0.481. The van der Waals surface area contributed by atoms with E-state index in [-0.39, 0.29) is 12.5 Å². The molecule has 118 valence electrons. The lowest BCUT2D eigenvalue weighted by atomic mass is 10.4. The van der Waals surface area contributed by atoms with E-state index in [0.717, 1.165) is 14.1 Å². The Bertz CT molecular complexity index is 628. The number of hydrogen-bond acceptors (Lipinski definition) is 5. The van der Waals surface area contributed by atoms with Crippen molar-refractivity contribution in [1.29, 1.82) is 0 Å². The van der Waals surface area contributed by atoms with Crippen LogP contribution in [0, 0.1) is 0 Å². The van der Waals surface area contributed by atoms with E-state index < -0.39 is 6.03 Å². The van der Waals surface area contributed by atoms with Gasteiger partial charge in [0.15, 0.2) is 0 Å². The van der Waals surface area contributed by atoms with Crippen LogP contribution in [0.2, 0.25) is 4.34 Å². The first-order valence-electron chi connectivity index (χ1n) is 6.56. The summed E-state index contributed by atoms with van der Waals surface area (Å²) in [5.41, 5.74) is 0. The lowest BCUT2D eigenvalue weighted by Crippen LogP contribution is -2.43. The number of nitrogens with one attached hydrogen (secondary N) is 2. The van der Waals surface area contributed by atoms with Crippen molar-refractivity contribution >= 4 is 46.2 Å². The standard InChI is InChI=1S/C14H16ClN3O2S2/c1-18(8-11-4-5-12(15)22-11)9-13(19)17-14(20)16-7-10-3-2-6-21-10/h2-6H,7-9H2,1H3,(H2,16,17,19,20). The van der Waals surface area contributed by atoms with Gasteiger partial charge in [-0.2, -0.15) is 0 Å². The van der Waals surface area contributed by atoms with E-state index in [9.17, 15) is 9.59 Å². The third-order valence-corrected chi connectivity index (χ3v) is 4.82. The zero-order valence-corrected chi connectivity index (χ0v) is 14.4. The van der Waals surface area contributed by atoms with Crippen LogP contribution in [0.3, 0.4) is 0 Å². The van der Waals surface area contributed by atoms with E-state index >= 15 is 0 Å². The van der Waals surface area contributed by atoms with Crippen molar-refractivity contribution in [2.45, 2.75) is 13.1 Å². The van der Waals surface area contributed by atoms with Crippen molar-refractivity contribution in [3.8, 4) is 0 Å². The first kappa shape index (κ1) is 17.0. The maximum atomic E-state index is 11.8. The monoisotopic (exact) mass is 357 g/mol. The molecule has 2 aromatic rings. The van der Waals surface area contributed by atoms with Gasteiger partial charge in [0, 0.05) is 16.3 Å². The molecule has 2 rings (SSSR count). The Hall–Kier alpha value is -1.41. The maximum absolute atomic E-state index is 11.8. The lowest BCUT2D eigenvalue weighted by molar-refractivity contribution is -0.120. The van der Waals surface area contributed by atoms with Gasteiger partial charge in [-0.25, -0.2) is 4.79 Å². The largest absolute Gasteiger partial charge is 0.333 e. The van der Waals surface area contributed by atoms with Crippen molar-refractivity contribution in [2.75, 3.05) is 13.6 Å². The van der Waals surface area contributed by atoms with Gasteiger partial charge in [-0.15, -0.1) is 22.7 Å². The summed E-state index contributed by atoms with van der Waals surface area (Å²) < 4.78 is 0.723. The van der Waals surface area contributed by atoms with Crippen LogP contribution in [0.25, 0.3) is 0 Å². The van der Waals surface area contributed by atoms with Crippen LogP contribution < -0.4 is 10.6 Å². The number of urea groups is 1. The van der Waals surface area contributed by atoms with Gasteiger partial charge in [0.05, 0.1) is 17.4 Å². The molecule has 0 aromatic carbocycles. The molecule has 2 N–H and O–H groups in total. The number of carbonyl (C=O) groups is 2. The van der Waals surface area contributed by atoms with E-state index in [0.29, 0.717) is 13.1 Å². The second-order valence-corrected chi connectivity index (χ2v) is 7.52. The van der Waals surface area contributed by atoms with Crippen LogP contribution in [0.5, 0.6) is 0 Å². The quantitative estimate of drug-likeness (QED) is 0.835. The number of rotatable bonds is 6. The summed E-state index contributed by atoms with van der Waals surface area (Å²) in [5.74, 6) is -0.339. The number of nitrogens with zero attached hydrogens (tertiary/aromatic N) is 1. The number of halogens is 1. The molecular formula is C14H16ClN3O2S2. The third-order valence-electron chi connectivity index (χ3n) is 2.72. The van der Waals surface area contributed by atoms with Crippen LogP contribution >= 0.6 is 34.3 Å². The van der Waals surface area contributed by atoms with Gasteiger partial charge < -0.3 is 5.32 Å². The number of carbonyl (C=O) groups excluding carboxylic acids is 2. The molecule has 0 aliphatic carbocycles. The van der Waals surface area contributed by atoms with E-state index in [1.807, 2.05) is 41.6 Å². The van der Waals surface area contributed by atoms with Gasteiger partial charge >= 0.3 is 6.03 Å². The van der Waals surface area contributed by atoms with Gasteiger partial charge in [0.25, 0.3) is 0 Å². The van der Waals surface area contributed by atoms with Crippen molar-refractivity contribution in [2.24, 2.45) is 0 Å². The Morgan fingerprint density at radius 1 is 1.27 bits per heavy atom. The van der Waals surface area contributed by atoms with Crippen molar-refractivity contribution < 1.29 is 9.59 Å². The van der Waals surface area contributed by atoms with Crippen LogP contribution in [0.1, 0.15) is 9.75 Å². The minimum Gasteiger partial charge on any atom is -0.333 e. The number of hydrogen-bond donors (Lipinski definition) is 2. The molecule has 0 saturated carbocycles. The molecule has 0 atom stereocenters. The van der Waals surface area contributed by atoms with Crippen LogP contribution in [0.4, 0.5) is 4.79 Å². The van der Waals surface area contributed by atoms with Crippen molar-refractivity contribution in [3.05, 3.63) is 43.7 Å². The molecule has 0 unspecified atom stereocenters. The molecule has 22 heavy (non-hydrogen) atoms. The van der Waals surface area contributed by atoms with Gasteiger partial charge in [-0.3, -0.25) is 15.0 Å². The highest BCUT2D eigenvalue weighted by Gasteiger charge is 2.11. The fourth-order valence-electron chi connectivity index (χ4n) is 1.79. The average Bonchev–Trinajstić information content (AvgIpc) is 3.07. The molecule has 3 amide bonds. The Morgan fingerprint density at radius 2 is 2.09 bits per heavy atom. The van der Waals surface area contributed by atoms with E-state index in [2.05, 4.69) is 10.6 Å². The highest BCUT2D eigenvalue weighted by atomic mass is 35.5. The predicted octanol–water partition coefficient (Wildman–Crippen LogP) is 2.92.